The standard InChI is InChI=1S/C12H22N2OS/c1-4-13-11(6-7-15-5-2)8-12-9-16-10(3)14-12/h9,11,13H,4-8H2,1-3H3. The lowest BCUT2D eigenvalue weighted by Crippen LogP contribution is -2.32. The topological polar surface area (TPSA) is 34.1 Å². The fourth-order valence-corrected chi connectivity index (χ4v) is 2.31. The maximum Gasteiger partial charge on any atom is 0.0897 e. The van der Waals surface area contributed by atoms with Crippen molar-refractivity contribution in [2.24, 2.45) is 0 Å². The Kier molecular flexibility index (Phi) is 6.61. The zero-order chi connectivity index (χ0) is 11.8. The Balaban J connectivity index is 2.37. The Morgan fingerprint density at radius 2 is 2.31 bits per heavy atom. The van der Waals surface area contributed by atoms with Gasteiger partial charge in [-0.1, -0.05) is 6.92 Å². The van der Waals surface area contributed by atoms with Gasteiger partial charge in [-0.25, -0.2) is 4.98 Å². The lowest BCUT2D eigenvalue weighted by atomic mass is 10.1. The van der Waals surface area contributed by atoms with E-state index in [1.54, 1.807) is 11.3 Å². The highest BCUT2D eigenvalue weighted by atomic mass is 32.1. The number of thiazole rings is 1. The fourth-order valence-electron chi connectivity index (χ4n) is 1.69. The molecule has 16 heavy (non-hydrogen) atoms. The lowest BCUT2D eigenvalue weighted by molar-refractivity contribution is 0.136. The van der Waals surface area contributed by atoms with Crippen LogP contribution in [-0.4, -0.2) is 30.8 Å². The molecule has 0 bridgehead atoms. The molecule has 0 saturated heterocycles. The first kappa shape index (κ1) is 13.6. The first-order chi connectivity index (χ1) is 7.76. The van der Waals surface area contributed by atoms with Crippen LogP contribution in [0.2, 0.25) is 0 Å². The molecule has 0 amide bonds. The van der Waals surface area contributed by atoms with Gasteiger partial charge >= 0.3 is 0 Å². The van der Waals surface area contributed by atoms with Gasteiger partial charge in [0.1, 0.15) is 0 Å². The third kappa shape index (κ3) is 5.05. The average Bonchev–Trinajstić information content (AvgIpc) is 2.65. The molecule has 1 aromatic rings. The predicted octanol–water partition coefficient (Wildman–Crippen LogP) is 2.40. The van der Waals surface area contributed by atoms with E-state index >= 15 is 0 Å². The quantitative estimate of drug-likeness (QED) is 0.711. The number of rotatable bonds is 8. The van der Waals surface area contributed by atoms with E-state index in [4.69, 9.17) is 4.74 Å². The van der Waals surface area contributed by atoms with E-state index in [9.17, 15) is 0 Å². The van der Waals surface area contributed by atoms with Crippen LogP contribution in [0.3, 0.4) is 0 Å². The summed E-state index contributed by atoms with van der Waals surface area (Å²) in [6.07, 6.45) is 2.06. The Morgan fingerprint density at radius 3 is 2.88 bits per heavy atom. The minimum absolute atomic E-state index is 0.484. The number of likely N-dealkylation sites (N-methyl/N-ethyl adjacent to an activating group) is 1. The molecule has 0 fully saturated rings. The molecule has 3 nitrogen and oxygen atoms in total. The lowest BCUT2D eigenvalue weighted by Gasteiger charge is -2.16. The van der Waals surface area contributed by atoms with Crippen molar-refractivity contribution >= 4 is 11.3 Å². The molecule has 0 aliphatic rings. The number of nitrogens with zero attached hydrogens (tertiary/aromatic N) is 1. The summed E-state index contributed by atoms with van der Waals surface area (Å²) in [5, 5.41) is 6.79. The molecule has 0 aliphatic carbocycles. The molecule has 0 radical (unpaired) electrons. The van der Waals surface area contributed by atoms with E-state index in [0.717, 1.165) is 37.6 Å². The normalized spacial score (nSPS) is 12.9. The van der Waals surface area contributed by atoms with Crippen molar-refractivity contribution in [3.05, 3.63) is 16.1 Å². The minimum atomic E-state index is 0.484. The van der Waals surface area contributed by atoms with Crippen molar-refractivity contribution in [3.63, 3.8) is 0 Å². The number of nitrogens with one attached hydrogen (secondary N) is 1. The van der Waals surface area contributed by atoms with Gasteiger partial charge in [0.2, 0.25) is 0 Å². The summed E-state index contributed by atoms with van der Waals surface area (Å²) in [7, 11) is 0. The summed E-state index contributed by atoms with van der Waals surface area (Å²) >= 11 is 1.72. The number of aromatic nitrogens is 1. The first-order valence-corrected chi connectivity index (χ1v) is 6.86. The molecule has 0 aromatic carbocycles. The van der Waals surface area contributed by atoms with Gasteiger partial charge in [0, 0.05) is 31.1 Å². The molecule has 1 heterocycles. The molecule has 1 unspecified atom stereocenters. The molecule has 0 aliphatic heterocycles. The maximum atomic E-state index is 5.40. The van der Waals surface area contributed by atoms with Gasteiger partial charge in [0.05, 0.1) is 10.7 Å². The average molecular weight is 242 g/mol. The molecular weight excluding hydrogens is 220 g/mol. The summed E-state index contributed by atoms with van der Waals surface area (Å²) in [5.74, 6) is 0. The van der Waals surface area contributed by atoms with Crippen LogP contribution in [0.5, 0.6) is 0 Å². The van der Waals surface area contributed by atoms with Crippen LogP contribution in [0, 0.1) is 6.92 Å². The van der Waals surface area contributed by atoms with E-state index in [2.05, 4.69) is 29.5 Å². The first-order valence-electron chi connectivity index (χ1n) is 5.98. The molecule has 92 valence electrons. The highest BCUT2D eigenvalue weighted by Gasteiger charge is 2.10. The fraction of sp³-hybridized carbons (Fsp3) is 0.750. The second kappa shape index (κ2) is 7.76. The van der Waals surface area contributed by atoms with E-state index in [1.165, 1.54) is 5.69 Å². The van der Waals surface area contributed by atoms with Crippen LogP contribution in [-0.2, 0) is 11.2 Å². The van der Waals surface area contributed by atoms with Gasteiger partial charge in [0.15, 0.2) is 0 Å². The van der Waals surface area contributed by atoms with Crippen LogP contribution >= 0.6 is 11.3 Å². The molecule has 4 heteroatoms. The summed E-state index contributed by atoms with van der Waals surface area (Å²) in [6.45, 7) is 8.86. The van der Waals surface area contributed by atoms with Crippen LogP contribution in [0.25, 0.3) is 0 Å². The van der Waals surface area contributed by atoms with Crippen molar-refractivity contribution in [2.45, 2.75) is 39.7 Å². The molecular formula is C12H22N2OS. The smallest absolute Gasteiger partial charge is 0.0897 e. The van der Waals surface area contributed by atoms with Gasteiger partial charge in [-0.15, -0.1) is 11.3 Å². The van der Waals surface area contributed by atoms with Crippen LogP contribution in [0.1, 0.15) is 31.0 Å². The molecule has 1 atom stereocenters. The Labute approximate surface area is 102 Å². The Morgan fingerprint density at radius 1 is 1.50 bits per heavy atom. The second-order valence-corrected chi connectivity index (χ2v) is 4.86. The zero-order valence-electron chi connectivity index (χ0n) is 10.5. The summed E-state index contributed by atoms with van der Waals surface area (Å²) in [6, 6.07) is 0.484. The van der Waals surface area contributed by atoms with Crippen LogP contribution < -0.4 is 5.32 Å². The van der Waals surface area contributed by atoms with Gasteiger partial charge < -0.3 is 10.1 Å². The molecule has 1 rings (SSSR count). The van der Waals surface area contributed by atoms with Crippen LogP contribution in [0.15, 0.2) is 5.38 Å². The van der Waals surface area contributed by atoms with E-state index in [-0.39, 0.29) is 0 Å². The molecule has 0 saturated carbocycles. The summed E-state index contributed by atoms with van der Waals surface area (Å²) in [4.78, 5) is 4.50. The van der Waals surface area contributed by atoms with Gasteiger partial charge in [-0.05, 0) is 26.8 Å². The maximum absolute atomic E-state index is 5.40. The van der Waals surface area contributed by atoms with E-state index < -0.39 is 0 Å². The largest absolute Gasteiger partial charge is 0.382 e. The SMILES string of the molecule is CCNC(CCOCC)Cc1csc(C)n1. The highest BCUT2D eigenvalue weighted by molar-refractivity contribution is 7.09. The number of aryl methyl sites for hydroxylation is 1. The molecule has 1 N–H and O–H groups in total. The number of ether oxygens (including phenoxy) is 1. The molecule has 0 spiro atoms. The van der Waals surface area contributed by atoms with Crippen molar-refractivity contribution in [1.82, 2.24) is 10.3 Å². The van der Waals surface area contributed by atoms with E-state index in [0.29, 0.717) is 6.04 Å². The van der Waals surface area contributed by atoms with Crippen LogP contribution in [0.4, 0.5) is 0 Å². The monoisotopic (exact) mass is 242 g/mol. The third-order valence-corrected chi connectivity index (χ3v) is 3.25. The third-order valence-electron chi connectivity index (χ3n) is 2.43. The van der Waals surface area contributed by atoms with Gasteiger partial charge in [0.25, 0.3) is 0 Å². The summed E-state index contributed by atoms with van der Waals surface area (Å²) < 4.78 is 5.40. The minimum Gasteiger partial charge on any atom is -0.382 e. The number of hydrogen-bond acceptors (Lipinski definition) is 4. The van der Waals surface area contributed by atoms with Crippen molar-refractivity contribution in [2.75, 3.05) is 19.8 Å². The van der Waals surface area contributed by atoms with Crippen molar-refractivity contribution in [3.8, 4) is 0 Å². The van der Waals surface area contributed by atoms with Crippen molar-refractivity contribution in [1.29, 1.82) is 0 Å². The Bertz CT molecular complexity index is 288. The Hall–Kier alpha value is -0.450. The summed E-state index contributed by atoms with van der Waals surface area (Å²) in [5.41, 5.74) is 1.20. The van der Waals surface area contributed by atoms with E-state index in [1.807, 2.05) is 6.92 Å². The predicted molar refractivity (Wildman–Crippen MR) is 69.1 cm³/mol. The van der Waals surface area contributed by atoms with Gasteiger partial charge in [-0.3, -0.25) is 0 Å². The zero-order valence-corrected chi connectivity index (χ0v) is 11.3. The second-order valence-electron chi connectivity index (χ2n) is 3.80. The molecule has 1 aromatic heterocycles. The number of hydrogen-bond donors (Lipinski definition) is 1. The highest BCUT2D eigenvalue weighted by Crippen LogP contribution is 2.11. The van der Waals surface area contributed by atoms with Crippen molar-refractivity contribution < 1.29 is 4.74 Å². The van der Waals surface area contributed by atoms with Gasteiger partial charge in [-0.2, -0.15) is 0 Å².